The maximum atomic E-state index is 13.2. The van der Waals surface area contributed by atoms with Gasteiger partial charge in [-0.2, -0.15) is 0 Å². The van der Waals surface area contributed by atoms with Crippen molar-refractivity contribution in [3.8, 4) is 5.75 Å². The van der Waals surface area contributed by atoms with Crippen LogP contribution in [0.4, 0.5) is 4.79 Å². The maximum Gasteiger partial charge on any atom is 0.325 e. The molecule has 2 aromatic rings. The second-order valence-electron chi connectivity index (χ2n) is 10.6. The summed E-state index contributed by atoms with van der Waals surface area (Å²) in [4.78, 5) is 39.7. The molecule has 4 N–H and O–H groups in total. The van der Waals surface area contributed by atoms with Gasteiger partial charge in [-0.15, -0.1) is 0 Å². The normalized spacial score (nSPS) is 20.0. The molecule has 1 atom stereocenters. The van der Waals surface area contributed by atoms with Crippen molar-refractivity contribution in [3.63, 3.8) is 0 Å². The van der Waals surface area contributed by atoms with Gasteiger partial charge in [-0.1, -0.05) is 42.5 Å². The van der Waals surface area contributed by atoms with Crippen LogP contribution in [-0.2, 0) is 20.9 Å². The highest BCUT2D eigenvalue weighted by molar-refractivity contribution is 6.07. The van der Waals surface area contributed by atoms with E-state index in [2.05, 4.69) is 22.3 Å². The summed E-state index contributed by atoms with van der Waals surface area (Å²) in [5.74, 6) is -0.206. The summed E-state index contributed by atoms with van der Waals surface area (Å²) in [6, 6.07) is 17.2. The van der Waals surface area contributed by atoms with E-state index in [-0.39, 0.29) is 30.4 Å². The zero-order chi connectivity index (χ0) is 28.5. The van der Waals surface area contributed by atoms with Gasteiger partial charge in [0.15, 0.2) is 0 Å². The summed E-state index contributed by atoms with van der Waals surface area (Å²) in [5.41, 5.74) is 7.59. The van der Waals surface area contributed by atoms with Crippen LogP contribution >= 0.6 is 0 Å². The number of hydrogen-bond donors (Lipinski definition) is 3. The lowest BCUT2D eigenvalue weighted by Crippen LogP contribution is -2.55. The van der Waals surface area contributed by atoms with Crippen molar-refractivity contribution >= 4 is 17.9 Å². The van der Waals surface area contributed by atoms with Gasteiger partial charge >= 0.3 is 12.0 Å². The van der Waals surface area contributed by atoms with Crippen molar-refractivity contribution in [2.45, 2.75) is 50.2 Å². The number of methoxy groups -OCH3 is 1. The molecule has 5 rings (SSSR count). The number of rotatable bonds is 8. The van der Waals surface area contributed by atoms with Crippen molar-refractivity contribution in [3.05, 3.63) is 65.7 Å². The molecule has 0 aromatic heterocycles. The fourth-order valence-corrected chi connectivity index (χ4v) is 5.36. The molecule has 3 amide bonds. The van der Waals surface area contributed by atoms with Crippen molar-refractivity contribution < 1.29 is 29.0 Å². The molecule has 0 radical (unpaired) electrons. The first-order valence-corrected chi connectivity index (χ1v) is 13.9. The number of hydrogen-bond acceptors (Lipinski definition) is 7. The minimum atomic E-state index is -0.776. The van der Waals surface area contributed by atoms with Crippen LogP contribution in [0.5, 0.6) is 5.75 Å². The van der Waals surface area contributed by atoms with Crippen LogP contribution in [0.25, 0.3) is 0 Å². The van der Waals surface area contributed by atoms with E-state index in [0.717, 1.165) is 42.9 Å². The van der Waals surface area contributed by atoms with Crippen LogP contribution in [0, 0.1) is 5.92 Å². The highest BCUT2D eigenvalue weighted by Gasteiger charge is 2.52. The van der Waals surface area contributed by atoms with Crippen LogP contribution < -0.4 is 15.8 Å². The molecule has 216 valence electrons. The largest absolute Gasteiger partial charge is 0.497 e. The molecule has 10 nitrogen and oxygen atoms in total. The van der Waals surface area contributed by atoms with Gasteiger partial charge in [-0.3, -0.25) is 14.5 Å². The Morgan fingerprint density at radius 2 is 1.75 bits per heavy atom. The number of nitrogens with one attached hydrogen (secondary N) is 1. The number of carbonyl (C=O) groups excluding carboxylic acids is 2. The summed E-state index contributed by atoms with van der Waals surface area (Å²) in [6.45, 7) is 3.90. The predicted molar refractivity (Wildman–Crippen MR) is 150 cm³/mol. The Labute approximate surface area is 235 Å². The second-order valence-corrected chi connectivity index (χ2v) is 10.6. The third-order valence-electron chi connectivity index (χ3n) is 8.01. The third kappa shape index (κ3) is 7.38. The van der Waals surface area contributed by atoms with Crippen molar-refractivity contribution in [1.29, 1.82) is 0 Å². The van der Waals surface area contributed by atoms with E-state index < -0.39 is 11.5 Å². The van der Waals surface area contributed by atoms with E-state index >= 15 is 0 Å². The number of carbonyl (C=O) groups is 3. The molecule has 3 aliphatic rings. The molecule has 10 heteroatoms. The average Bonchev–Trinajstić information content (AvgIpc) is 3.22. The molecule has 40 heavy (non-hydrogen) atoms. The average molecular weight is 553 g/mol. The molecule has 0 bridgehead atoms. The van der Waals surface area contributed by atoms with E-state index in [0.29, 0.717) is 38.9 Å². The summed E-state index contributed by atoms with van der Waals surface area (Å²) in [5, 5.41) is 11.5. The van der Waals surface area contributed by atoms with E-state index in [1.807, 2.05) is 42.5 Å². The standard InChI is InChI=1S/C24H30N4O3.C6H10O3/c1-31-20-9-7-18(8-10-20)17-28-22(29)24(26-23(28)30)12-15-27(16-13-24)14-11-21(25)19-5-3-2-4-6-19;7-6(8)5-1-3-9-4-2-5/h2-10,21H,11-17,25H2,1H3,(H,26,30);5H,1-4H2,(H,7,8)/t21-;/m0./s1. The Hall–Kier alpha value is -3.47. The van der Waals surface area contributed by atoms with E-state index in [9.17, 15) is 14.4 Å². The second kappa shape index (κ2) is 13.7. The summed E-state index contributed by atoms with van der Waals surface area (Å²) < 4.78 is 10.2. The van der Waals surface area contributed by atoms with E-state index in [4.69, 9.17) is 20.3 Å². The molecule has 0 saturated carbocycles. The minimum absolute atomic E-state index is 0.00453. The third-order valence-corrected chi connectivity index (χ3v) is 8.01. The first-order valence-electron chi connectivity index (χ1n) is 13.9. The molecule has 0 aliphatic carbocycles. The lowest BCUT2D eigenvalue weighted by Gasteiger charge is -2.37. The number of benzene rings is 2. The van der Waals surface area contributed by atoms with Crippen molar-refractivity contribution in [2.75, 3.05) is 40.0 Å². The van der Waals surface area contributed by atoms with Gasteiger partial charge in [0.2, 0.25) is 0 Å². The zero-order valence-corrected chi connectivity index (χ0v) is 23.1. The Kier molecular flexibility index (Phi) is 10.1. The number of carboxylic acid groups (broad SMARTS) is 1. The molecular weight excluding hydrogens is 512 g/mol. The van der Waals surface area contributed by atoms with Gasteiger partial charge in [0.25, 0.3) is 5.91 Å². The Morgan fingerprint density at radius 1 is 1.10 bits per heavy atom. The van der Waals surface area contributed by atoms with Crippen LogP contribution in [0.3, 0.4) is 0 Å². The number of nitrogens with zero attached hydrogens (tertiary/aromatic N) is 2. The Morgan fingerprint density at radius 3 is 2.33 bits per heavy atom. The Balaban J connectivity index is 0.000000350. The molecule has 2 aromatic carbocycles. The smallest absolute Gasteiger partial charge is 0.325 e. The number of imide groups is 1. The van der Waals surface area contributed by atoms with Crippen LogP contribution in [0.2, 0.25) is 0 Å². The van der Waals surface area contributed by atoms with Crippen LogP contribution in [0.15, 0.2) is 54.6 Å². The monoisotopic (exact) mass is 552 g/mol. The van der Waals surface area contributed by atoms with Gasteiger partial charge in [0.1, 0.15) is 11.3 Å². The molecular formula is C30H40N4O6. The van der Waals surface area contributed by atoms with Gasteiger partial charge in [-0.25, -0.2) is 4.79 Å². The quantitative estimate of drug-likeness (QED) is 0.425. The Bertz CT molecular complexity index is 1130. The molecule has 0 unspecified atom stereocenters. The number of likely N-dealkylation sites (tertiary alicyclic amines) is 1. The highest BCUT2D eigenvalue weighted by Crippen LogP contribution is 2.31. The number of nitrogens with two attached hydrogens (primary N) is 1. The number of urea groups is 1. The first-order chi connectivity index (χ1) is 19.3. The SMILES string of the molecule is COc1ccc(CN2C(=O)NC3(CCN(CC[C@H](N)c4ccccc4)CC3)C2=O)cc1.O=C(O)C1CCOCC1. The van der Waals surface area contributed by atoms with Crippen molar-refractivity contribution in [1.82, 2.24) is 15.1 Å². The summed E-state index contributed by atoms with van der Waals surface area (Å²) in [6.07, 6.45) is 3.46. The lowest BCUT2D eigenvalue weighted by molar-refractivity contribution is -0.144. The summed E-state index contributed by atoms with van der Waals surface area (Å²) >= 11 is 0. The number of aliphatic carboxylic acids is 1. The fourth-order valence-electron chi connectivity index (χ4n) is 5.36. The molecule has 3 aliphatic heterocycles. The van der Waals surface area contributed by atoms with Gasteiger partial charge in [-0.05, 0) is 61.9 Å². The van der Waals surface area contributed by atoms with Gasteiger partial charge in [0.05, 0.1) is 19.6 Å². The van der Waals surface area contributed by atoms with Gasteiger partial charge < -0.3 is 30.5 Å². The van der Waals surface area contributed by atoms with Crippen molar-refractivity contribution in [2.24, 2.45) is 11.7 Å². The summed E-state index contributed by atoms with van der Waals surface area (Å²) in [7, 11) is 1.61. The molecule has 3 heterocycles. The molecule has 3 saturated heterocycles. The molecule has 3 fully saturated rings. The number of carboxylic acids is 1. The predicted octanol–water partition coefficient (Wildman–Crippen LogP) is 3.17. The fraction of sp³-hybridized carbons (Fsp3) is 0.500. The topological polar surface area (TPSA) is 134 Å². The van der Waals surface area contributed by atoms with Crippen LogP contribution in [-0.4, -0.2) is 78.3 Å². The van der Waals surface area contributed by atoms with Gasteiger partial charge in [0, 0.05) is 32.3 Å². The van der Waals surface area contributed by atoms with Crippen LogP contribution in [0.1, 0.15) is 49.3 Å². The van der Waals surface area contributed by atoms with E-state index in [1.54, 1.807) is 7.11 Å². The highest BCUT2D eigenvalue weighted by atomic mass is 16.5. The number of piperidine rings is 1. The zero-order valence-electron chi connectivity index (χ0n) is 23.1. The number of amides is 3. The number of ether oxygens (including phenoxy) is 2. The lowest BCUT2D eigenvalue weighted by atomic mass is 9.87. The maximum absolute atomic E-state index is 13.2. The first kappa shape index (κ1) is 29.5. The minimum Gasteiger partial charge on any atom is -0.497 e. The van der Waals surface area contributed by atoms with E-state index in [1.165, 1.54) is 4.90 Å². The molecule has 1 spiro atoms.